The van der Waals surface area contributed by atoms with E-state index in [4.69, 9.17) is 23.2 Å². The SMILES string of the molecule is O=C(Nc1ccccc1)Nc1ccc(NC(=O)c2c(Cl)cccc2Cl)cc1. The molecule has 7 heteroatoms. The van der Waals surface area contributed by atoms with E-state index < -0.39 is 5.91 Å². The minimum atomic E-state index is -0.409. The van der Waals surface area contributed by atoms with E-state index in [0.717, 1.165) is 0 Å². The van der Waals surface area contributed by atoms with Crippen LogP contribution in [-0.4, -0.2) is 11.9 Å². The van der Waals surface area contributed by atoms with Gasteiger partial charge in [0.25, 0.3) is 5.91 Å². The van der Waals surface area contributed by atoms with Gasteiger partial charge in [0.15, 0.2) is 0 Å². The van der Waals surface area contributed by atoms with Crippen molar-refractivity contribution in [1.29, 1.82) is 0 Å². The Balaban J connectivity index is 1.62. The first-order valence-corrected chi connectivity index (χ1v) is 8.77. The summed E-state index contributed by atoms with van der Waals surface area (Å²) in [6.45, 7) is 0. The summed E-state index contributed by atoms with van der Waals surface area (Å²) in [5, 5.41) is 8.71. The highest BCUT2D eigenvalue weighted by Gasteiger charge is 2.14. The molecule has 0 fully saturated rings. The minimum Gasteiger partial charge on any atom is -0.322 e. The second kappa shape index (κ2) is 8.58. The largest absolute Gasteiger partial charge is 0.323 e. The van der Waals surface area contributed by atoms with Crippen molar-refractivity contribution < 1.29 is 9.59 Å². The maximum atomic E-state index is 12.4. The lowest BCUT2D eigenvalue weighted by atomic mass is 10.2. The summed E-state index contributed by atoms with van der Waals surface area (Å²) >= 11 is 12.1. The van der Waals surface area contributed by atoms with Crippen molar-refractivity contribution in [3.8, 4) is 0 Å². The molecule has 3 aromatic carbocycles. The Morgan fingerprint density at radius 1 is 0.593 bits per heavy atom. The number of carbonyl (C=O) groups is 2. The zero-order valence-electron chi connectivity index (χ0n) is 14.0. The molecule has 5 nitrogen and oxygen atoms in total. The fourth-order valence-corrected chi connectivity index (χ4v) is 2.93. The van der Waals surface area contributed by atoms with Gasteiger partial charge in [-0.1, -0.05) is 47.5 Å². The number of urea groups is 1. The van der Waals surface area contributed by atoms with Gasteiger partial charge in [-0.05, 0) is 48.5 Å². The van der Waals surface area contributed by atoms with Crippen LogP contribution < -0.4 is 16.0 Å². The van der Waals surface area contributed by atoms with Crippen LogP contribution >= 0.6 is 23.2 Å². The fraction of sp³-hybridized carbons (Fsp3) is 0. The average Bonchev–Trinajstić information content (AvgIpc) is 2.64. The van der Waals surface area contributed by atoms with Crippen molar-refractivity contribution in [3.05, 3.63) is 88.4 Å². The topological polar surface area (TPSA) is 70.2 Å². The predicted molar refractivity (Wildman–Crippen MR) is 110 cm³/mol. The Hall–Kier alpha value is -3.02. The van der Waals surface area contributed by atoms with Crippen LogP contribution in [0.5, 0.6) is 0 Å². The second-order valence-corrected chi connectivity index (χ2v) is 6.39. The van der Waals surface area contributed by atoms with Crippen LogP contribution in [0.4, 0.5) is 21.9 Å². The standard InChI is InChI=1S/C20H15Cl2N3O2/c21-16-7-4-8-17(22)18(16)19(26)23-14-9-11-15(12-10-14)25-20(27)24-13-5-2-1-3-6-13/h1-12H,(H,23,26)(H2,24,25,27). The molecule has 27 heavy (non-hydrogen) atoms. The average molecular weight is 400 g/mol. The Morgan fingerprint density at radius 3 is 1.63 bits per heavy atom. The number of amides is 3. The highest BCUT2D eigenvalue weighted by Crippen LogP contribution is 2.25. The summed E-state index contributed by atoms with van der Waals surface area (Å²) in [6.07, 6.45) is 0. The highest BCUT2D eigenvalue weighted by atomic mass is 35.5. The molecule has 3 amide bonds. The monoisotopic (exact) mass is 399 g/mol. The van der Waals surface area contributed by atoms with E-state index >= 15 is 0 Å². The van der Waals surface area contributed by atoms with Crippen LogP contribution in [0.3, 0.4) is 0 Å². The molecule has 0 saturated carbocycles. The van der Waals surface area contributed by atoms with Gasteiger partial charge in [-0.15, -0.1) is 0 Å². The van der Waals surface area contributed by atoms with E-state index in [2.05, 4.69) is 16.0 Å². The second-order valence-electron chi connectivity index (χ2n) is 5.57. The highest BCUT2D eigenvalue weighted by molar-refractivity contribution is 6.40. The van der Waals surface area contributed by atoms with Gasteiger partial charge in [0.2, 0.25) is 0 Å². The molecule has 0 saturated heterocycles. The number of rotatable bonds is 4. The maximum Gasteiger partial charge on any atom is 0.323 e. The lowest BCUT2D eigenvalue weighted by Gasteiger charge is -2.10. The first-order chi connectivity index (χ1) is 13.0. The van der Waals surface area contributed by atoms with E-state index in [0.29, 0.717) is 17.1 Å². The van der Waals surface area contributed by atoms with Gasteiger partial charge in [-0.25, -0.2) is 4.79 Å². The van der Waals surface area contributed by atoms with Gasteiger partial charge >= 0.3 is 6.03 Å². The summed E-state index contributed by atoms with van der Waals surface area (Å²) in [6, 6.07) is 20.3. The van der Waals surface area contributed by atoms with E-state index in [1.165, 1.54) is 0 Å². The Morgan fingerprint density at radius 2 is 1.07 bits per heavy atom. The maximum absolute atomic E-state index is 12.4. The van der Waals surface area contributed by atoms with Gasteiger partial charge in [-0.2, -0.15) is 0 Å². The number of benzene rings is 3. The zero-order valence-corrected chi connectivity index (χ0v) is 15.5. The molecule has 0 aliphatic carbocycles. The molecular weight excluding hydrogens is 385 g/mol. The molecule has 136 valence electrons. The molecule has 3 aromatic rings. The predicted octanol–water partition coefficient (Wildman–Crippen LogP) is 5.89. The summed E-state index contributed by atoms with van der Waals surface area (Å²) in [5.74, 6) is -0.409. The van der Waals surface area contributed by atoms with Crippen molar-refractivity contribution in [1.82, 2.24) is 0 Å². The van der Waals surface area contributed by atoms with Crippen molar-refractivity contribution in [2.75, 3.05) is 16.0 Å². The summed E-state index contributed by atoms with van der Waals surface area (Å²) in [5.41, 5.74) is 2.03. The van der Waals surface area contributed by atoms with Crippen LogP contribution in [0.25, 0.3) is 0 Å². The third-order valence-electron chi connectivity index (χ3n) is 3.62. The molecule has 0 aliphatic heterocycles. The Kier molecular flexibility index (Phi) is 5.96. The van der Waals surface area contributed by atoms with Crippen LogP contribution in [0.1, 0.15) is 10.4 Å². The van der Waals surface area contributed by atoms with Crippen molar-refractivity contribution in [2.24, 2.45) is 0 Å². The third kappa shape index (κ3) is 5.00. The molecule has 0 atom stereocenters. The fourth-order valence-electron chi connectivity index (χ4n) is 2.36. The molecule has 0 aliphatic rings. The number of hydrogen-bond donors (Lipinski definition) is 3. The van der Waals surface area contributed by atoms with E-state index in [9.17, 15) is 9.59 Å². The van der Waals surface area contributed by atoms with E-state index in [-0.39, 0.29) is 21.6 Å². The molecular formula is C20H15Cl2N3O2. The molecule has 0 radical (unpaired) electrons. The van der Waals surface area contributed by atoms with Gasteiger partial charge in [-0.3, -0.25) is 4.79 Å². The normalized spacial score (nSPS) is 10.1. The van der Waals surface area contributed by atoms with Gasteiger partial charge in [0.1, 0.15) is 0 Å². The molecule has 0 spiro atoms. The number of carbonyl (C=O) groups excluding carboxylic acids is 2. The molecule has 0 bridgehead atoms. The van der Waals surface area contributed by atoms with Crippen molar-refractivity contribution in [3.63, 3.8) is 0 Å². The minimum absolute atomic E-state index is 0.213. The third-order valence-corrected chi connectivity index (χ3v) is 4.25. The number of hydrogen-bond acceptors (Lipinski definition) is 2. The van der Waals surface area contributed by atoms with Crippen LogP contribution in [-0.2, 0) is 0 Å². The Labute approximate surface area is 166 Å². The van der Waals surface area contributed by atoms with Gasteiger partial charge < -0.3 is 16.0 Å². The van der Waals surface area contributed by atoms with Crippen LogP contribution in [0, 0.1) is 0 Å². The number of nitrogens with one attached hydrogen (secondary N) is 3. The quantitative estimate of drug-likeness (QED) is 0.511. The van der Waals surface area contributed by atoms with Crippen LogP contribution in [0.15, 0.2) is 72.8 Å². The Bertz CT molecular complexity index is 940. The zero-order chi connectivity index (χ0) is 19.2. The first kappa shape index (κ1) is 18.8. The molecule has 3 rings (SSSR count). The van der Waals surface area contributed by atoms with Gasteiger partial charge in [0.05, 0.1) is 15.6 Å². The molecule has 3 N–H and O–H groups in total. The smallest absolute Gasteiger partial charge is 0.322 e. The summed E-state index contributed by atoms with van der Waals surface area (Å²) in [4.78, 5) is 24.3. The number of halogens is 2. The van der Waals surface area contributed by atoms with Gasteiger partial charge in [0, 0.05) is 17.1 Å². The lowest BCUT2D eigenvalue weighted by molar-refractivity contribution is 0.102. The molecule has 0 aromatic heterocycles. The van der Waals surface area contributed by atoms with E-state index in [1.54, 1.807) is 54.6 Å². The lowest BCUT2D eigenvalue weighted by Crippen LogP contribution is -2.19. The number of anilines is 3. The number of para-hydroxylation sites is 1. The van der Waals surface area contributed by atoms with Crippen molar-refractivity contribution in [2.45, 2.75) is 0 Å². The molecule has 0 unspecified atom stereocenters. The van der Waals surface area contributed by atoms with E-state index in [1.807, 2.05) is 18.2 Å². The summed E-state index contributed by atoms with van der Waals surface area (Å²) < 4.78 is 0. The first-order valence-electron chi connectivity index (χ1n) is 8.01. The molecule has 0 heterocycles. The van der Waals surface area contributed by atoms with Crippen LogP contribution in [0.2, 0.25) is 10.0 Å². The van der Waals surface area contributed by atoms with Crippen molar-refractivity contribution >= 4 is 52.2 Å². The summed E-state index contributed by atoms with van der Waals surface area (Å²) in [7, 11) is 0.